The predicted octanol–water partition coefficient (Wildman–Crippen LogP) is 2.19. The Morgan fingerprint density at radius 1 is 1.06 bits per heavy atom. The van der Waals surface area contributed by atoms with Crippen molar-refractivity contribution in [3.8, 4) is 0 Å². The van der Waals surface area contributed by atoms with E-state index in [0.29, 0.717) is 0 Å². The quantitative estimate of drug-likeness (QED) is 0.835. The summed E-state index contributed by atoms with van der Waals surface area (Å²) in [5, 5.41) is 2.59. The Balaban J connectivity index is 0.00000128. The minimum Gasteiger partial charge on any atom is -0.306 e. The first-order valence-corrected chi connectivity index (χ1v) is 5.59. The van der Waals surface area contributed by atoms with Crippen LogP contribution in [-0.4, -0.2) is 42.8 Å². The van der Waals surface area contributed by atoms with Crippen LogP contribution in [0.5, 0.6) is 0 Å². The Hall–Kier alpha value is -0.0000000000000000416. The van der Waals surface area contributed by atoms with E-state index in [0.717, 1.165) is 32.0 Å². The smallest absolute Gasteiger partial charge is 0.306 e. The first-order valence-electron chi connectivity index (χ1n) is 5.59. The lowest BCUT2D eigenvalue weighted by Gasteiger charge is -2.32. The van der Waals surface area contributed by atoms with Gasteiger partial charge in [0.05, 0.1) is 6.54 Å². The Morgan fingerprint density at radius 3 is 2.06 bits per heavy atom. The molecule has 0 aromatic rings. The summed E-state index contributed by atoms with van der Waals surface area (Å²) in [6.07, 6.45) is 0.189. The van der Waals surface area contributed by atoms with Gasteiger partial charge in [-0.2, -0.15) is 13.2 Å². The second kappa shape index (κ2) is 5.56. The molecule has 1 N–H and O–H groups in total. The number of nitrogens with zero attached hydrogens (tertiary/aromatic N) is 1. The van der Waals surface area contributed by atoms with E-state index in [1.54, 1.807) is 0 Å². The number of alkyl halides is 3. The number of piperidine rings is 1. The van der Waals surface area contributed by atoms with E-state index in [1.807, 2.05) is 0 Å². The van der Waals surface area contributed by atoms with Gasteiger partial charge in [0.25, 0.3) is 0 Å². The van der Waals surface area contributed by atoms with E-state index in [4.69, 9.17) is 0 Å². The minimum atomic E-state index is -4.08. The summed E-state index contributed by atoms with van der Waals surface area (Å²) in [6, 6.07) is 0.801. The number of nitrogens with one attached hydrogen (secondary N) is 1. The molecule has 1 saturated heterocycles. The van der Waals surface area contributed by atoms with Crippen molar-refractivity contribution >= 4 is 12.4 Å². The monoisotopic (exact) mass is 258 g/mol. The first-order chi connectivity index (χ1) is 7.04. The maximum Gasteiger partial charge on any atom is 0.401 e. The van der Waals surface area contributed by atoms with Crippen LogP contribution in [0.4, 0.5) is 13.2 Å². The van der Waals surface area contributed by atoms with Crippen molar-refractivity contribution in [3.05, 3.63) is 0 Å². The number of rotatable bonds is 3. The van der Waals surface area contributed by atoms with Crippen molar-refractivity contribution in [2.45, 2.75) is 43.9 Å². The van der Waals surface area contributed by atoms with E-state index in [1.165, 1.54) is 12.8 Å². The molecule has 1 saturated carbocycles. The number of likely N-dealkylation sites (tertiary alicyclic amines) is 1. The second-order valence-corrected chi connectivity index (χ2v) is 4.54. The fourth-order valence-corrected chi connectivity index (χ4v) is 2.17. The molecule has 2 rings (SSSR count). The maximum absolute atomic E-state index is 12.0. The molecule has 6 heteroatoms. The molecule has 0 spiro atoms. The molecule has 2 nitrogen and oxygen atoms in total. The third kappa shape index (κ3) is 4.47. The normalized spacial score (nSPS) is 24.2. The van der Waals surface area contributed by atoms with Crippen LogP contribution < -0.4 is 5.32 Å². The molecule has 0 aromatic heterocycles. The zero-order chi connectivity index (χ0) is 10.9. The Bertz CT molecular complexity index is 211. The van der Waals surface area contributed by atoms with Gasteiger partial charge in [-0.05, 0) is 38.8 Å². The number of halogens is 4. The van der Waals surface area contributed by atoms with Crippen molar-refractivity contribution < 1.29 is 13.2 Å². The van der Waals surface area contributed by atoms with Gasteiger partial charge in [-0.1, -0.05) is 0 Å². The van der Waals surface area contributed by atoms with E-state index >= 15 is 0 Å². The summed E-state index contributed by atoms with van der Waals surface area (Å²) in [7, 11) is 0. The molecule has 2 fully saturated rings. The van der Waals surface area contributed by atoms with E-state index in [2.05, 4.69) is 10.2 Å². The molecule has 96 valence electrons. The van der Waals surface area contributed by atoms with Crippen molar-refractivity contribution in [2.75, 3.05) is 19.6 Å². The van der Waals surface area contributed by atoms with Crippen molar-refractivity contribution in [1.29, 1.82) is 0 Å². The summed E-state index contributed by atoms with van der Waals surface area (Å²) in [5.41, 5.74) is 0. The summed E-state index contributed by atoms with van der Waals surface area (Å²) in [6.45, 7) is 1.07. The summed E-state index contributed by atoms with van der Waals surface area (Å²) < 4.78 is 35.9. The van der Waals surface area contributed by atoms with E-state index < -0.39 is 12.7 Å². The highest BCUT2D eigenvalue weighted by Gasteiger charge is 2.33. The lowest BCUT2D eigenvalue weighted by atomic mass is 10.1. The van der Waals surface area contributed by atoms with Crippen LogP contribution >= 0.6 is 12.4 Å². The third-order valence-electron chi connectivity index (χ3n) is 3.18. The minimum absolute atomic E-state index is 0. The van der Waals surface area contributed by atoms with Gasteiger partial charge in [-0.3, -0.25) is 0 Å². The molecular weight excluding hydrogens is 241 g/mol. The van der Waals surface area contributed by atoms with Crippen LogP contribution in [0.15, 0.2) is 0 Å². The van der Waals surface area contributed by atoms with Gasteiger partial charge in [0.2, 0.25) is 0 Å². The van der Waals surface area contributed by atoms with Crippen molar-refractivity contribution in [3.63, 3.8) is 0 Å². The van der Waals surface area contributed by atoms with Crippen molar-refractivity contribution in [2.24, 2.45) is 0 Å². The highest BCUT2D eigenvalue weighted by Crippen LogP contribution is 2.29. The average molecular weight is 259 g/mol. The van der Waals surface area contributed by atoms with Gasteiger partial charge in [0.15, 0.2) is 0 Å². The molecule has 0 amide bonds. The molecule has 2 aliphatic rings. The van der Waals surface area contributed by atoms with Crippen LogP contribution in [-0.2, 0) is 0 Å². The molecule has 0 unspecified atom stereocenters. The van der Waals surface area contributed by atoms with Crippen molar-refractivity contribution in [1.82, 2.24) is 10.2 Å². The number of hydrogen-bond acceptors (Lipinski definition) is 2. The highest BCUT2D eigenvalue weighted by molar-refractivity contribution is 5.85. The summed E-state index contributed by atoms with van der Waals surface area (Å²) >= 11 is 0. The third-order valence-corrected chi connectivity index (χ3v) is 3.18. The summed E-state index contributed by atoms with van der Waals surface area (Å²) in [5.74, 6) is 0. The Labute approximate surface area is 100.0 Å². The predicted molar refractivity (Wildman–Crippen MR) is 58.9 cm³/mol. The lowest BCUT2D eigenvalue weighted by molar-refractivity contribution is -0.126. The average Bonchev–Trinajstić information content (AvgIpc) is 2.98. The van der Waals surface area contributed by atoms with Gasteiger partial charge in [0.1, 0.15) is 0 Å². The van der Waals surface area contributed by atoms with Crippen LogP contribution in [0.1, 0.15) is 25.7 Å². The standard InChI is InChI=1S/C10H17F3N2.ClH/c11-10(12,13)7-14-8-3-5-15(6-4-8)9-1-2-9;/h8-9,14H,1-7H2;1H. The highest BCUT2D eigenvalue weighted by atomic mass is 35.5. The fraction of sp³-hybridized carbons (Fsp3) is 1.00. The molecule has 1 heterocycles. The maximum atomic E-state index is 12.0. The molecule has 1 aliphatic heterocycles. The molecule has 0 atom stereocenters. The van der Waals surface area contributed by atoms with E-state index in [9.17, 15) is 13.2 Å². The Kier molecular flexibility index (Phi) is 4.88. The SMILES string of the molecule is Cl.FC(F)(F)CNC1CCN(C2CC2)CC1. The van der Waals surface area contributed by atoms with Crippen LogP contribution in [0, 0.1) is 0 Å². The molecular formula is C10H18ClF3N2. The molecule has 16 heavy (non-hydrogen) atoms. The van der Waals surface area contributed by atoms with Gasteiger partial charge in [-0.15, -0.1) is 12.4 Å². The number of hydrogen-bond donors (Lipinski definition) is 1. The van der Waals surface area contributed by atoms with Gasteiger partial charge in [-0.25, -0.2) is 0 Å². The van der Waals surface area contributed by atoms with Crippen LogP contribution in [0.3, 0.4) is 0 Å². The largest absolute Gasteiger partial charge is 0.401 e. The Morgan fingerprint density at radius 2 is 1.62 bits per heavy atom. The lowest BCUT2D eigenvalue weighted by Crippen LogP contribution is -2.45. The molecule has 0 radical (unpaired) electrons. The topological polar surface area (TPSA) is 15.3 Å². The van der Waals surface area contributed by atoms with Gasteiger partial charge in [0, 0.05) is 12.1 Å². The second-order valence-electron chi connectivity index (χ2n) is 4.54. The molecule has 1 aliphatic carbocycles. The first kappa shape index (κ1) is 14.1. The summed E-state index contributed by atoms with van der Waals surface area (Å²) in [4.78, 5) is 2.41. The zero-order valence-electron chi connectivity index (χ0n) is 9.09. The molecule has 0 aromatic carbocycles. The van der Waals surface area contributed by atoms with Crippen LogP contribution in [0.2, 0.25) is 0 Å². The van der Waals surface area contributed by atoms with Gasteiger partial charge < -0.3 is 10.2 Å². The zero-order valence-corrected chi connectivity index (χ0v) is 9.91. The van der Waals surface area contributed by atoms with Gasteiger partial charge >= 0.3 is 6.18 Å². The fourth-order valence-electron chi connectivity index (χ4n) is 2.17. The van der Waals surface area contributed by atoms with E-state index in [-0.39, 0.29) is 18.4 Å². The van der Waals surface area contributed by atoms with Crippen LogP contribution in [0.25, 0.3) is 0 Å². The molecule has 0 bridgehead atoms.